The first-order valence-electron chi connectivity index (χ1n) is 6.45. The highest BCUT2D eigenvalue weighted by molar-refractivity contribution is 7.89. The van der Waals surface area contributed by atoms with Gasteiger partial charge in [-0.15, -0.1) is 12.4 Å². The van der Waals surface area contributed by atoms with Crippen molar-refractivity contribution in [2.75, 3.05) is 19.6 Å². The van der Waals surface area contributed by atoms with E-state index in [9.17, 15) is 8.42 Å². The lowest BCUT2D eigenvalue weighted by Gasteiger charge is -2.11. The molecule has 1 aromatic carbocycles. The van der Waals surface area contributed by atoms with Gasteiger partial charge in [-0.25, -0.2) is 13.1 Å². The summed E-state index contributed by atoms with van der Waals surface area (Å²) in [4.78, 5) is 0.157. The first kappa shape index (κ1) is 17.7. The molecule has 0 aromatic heterocycles. The first-order chi connectivity index (χ1) is 8.99. The highest BCUT2D eigenvalue weighted by Gasteiger charge is 2.19. The molecule has 0 radical (unpaired) electrons. The molecule has 1 aliphatic heterocycles. The predicted octanol–water partition coefficient (Wildman–Crippen LogP) is 2.35. The Morgan fingerprint density at radius 1 is 1.45 bits per heavy atom. The van der Waals surface area contributed by atoms with Crippen LogP contribution in [0.1, 0.15) is 18.4 Å². The van der Waals surface area contributed by atoms with Gasteiger partial charge in [0.15, 0.2) is 0 Å². The molecule has 1 aromatic rings. The van der Waals surface area contributed by atoms with Crippen molar-refractivity contribution in [3.05, 3.63) is 28.8 Å². The van der Waals surface area contributed by atoms with Crippen molar-refractivity contribution in [2.24, 2.45) is 5.92 Å². The van der Waals surface area contributed by atoms with Crippen molar-refractivity contribution in [3.63, 3.8) is 0 Å². The highest BCUT2D eigenvalue weighted by atomic mass is 35.5. The second kappa shape index (κ2) is 7.61. The largest absolute Gasteiger partial charge is 0.316 e. The van der Waals surface area contributed by atoms with E-state index in [2.05, 4.69) is 10.0 Å². The van der Waals surface area contributed by atoms with Gasteiger partial charge in [0.05, 0.1) is 5.02 Å². The minimum absolute atomic E-state index is 0. The predicted molar refractivity (Wildman–Crippen MR) is 84.2 cm³/mol. The summed E-state index contributed by atoms with van der Waals surface area (Å²) in [5.41, 5.74) is 0.945. The summed E-state index contributed by atoms with van der Waals surface area (Å²) in [5, 5.41) is 3.54. The molecule has 0 saturated carbocycles. The maximum atomic E-state index is 12.1. The van der Waals surface area contributed by atoms with Crippen molar-refractivity contribution >= 4 is 34.0 Å². The SMILES string of the molecule is Cc1ccc(S(=O)(=O)NCCC2CCNC2)c(Cl)c1.Cl. The second-order valence-electron chi connectivity index (χ2n) is 4.98. The Labute approximate surface area is 131 Å². The summed E-state index contributed by atoms with van der Waals surface area (Å²) < 4.78 is 26.9. The van der Waals surface area contributed by atoms with E-state index in [0.717, 1.165) is 31.5 Å². The number of rotatable bonds is 5. The van der Waals surface area contributed by atoms with E-state index in [1.165, 1.54) is 0 Å². The van der Waals surface area contributed by atoms with Gasteiger partial charge in [-0.2, -0.15) is 0 Å². The number of nitrogens with one attached hydrogen (secondary N) is 2. The maximum absolute atomic E-state index is 12.1. The van der Waals surface area contributed by atoms with Crippen LogP contribution in [-0.2, 0) is 10.0 Å². The lowest BCUT2D eigenvalue weighted by molar-refractivity contribution is 0.519. The summed E-state index contributed by atoms with van der Waals surface area (Å²) in [6.45, 7) is 4.34. The Bertz CT molecular complexity index is 543. The Hall–Kier alpha value is -0.330. The molecule has 1 unspecified atom stereocenters. The number of hydrogen-bond donors (Lipinski definition) is 2. The van der Waals surface area contributed by atoms with Gasteiger partial charge in [0.25, 0.3) is 0 Å². The normalized spacial score (nSPS) is 18.8. The van der Waals surface area contributed by atoms with Gasteiger partial charge >= 0.3 is 0 Å². The third kappa shape index (κ3) is 4.60. The molecule has 7 heteroatoms. The van der Waals surface area contributed by atoms with Crippen LogP contribution in [-0.4, -0.2) is 28.1 Å². The van der Waals surface area contributed by atoms with Crippen LogP contribution < -0.4 is 10.0 Å². The lowest BCUT2D eigenvalue weighted by atomic mass is 10.1. The molecular formula is C13H20Cl2N2O2S. The lowest BCUT2D eigenvalue weighted by Crippen LogP contribution is -2.27. The van der Waals surface area contributed by atoms with Crippen LogP contribution in [0.3, 0.4) is 0 Å². The van der Waals surface area contributed by atoms with Gasteiger partial charge in [-0.3, -0.25) is 0 Å². The second-order valence-corrected chi connectivity index (χ2v) is 7.12. The number of benzene rings is 1. The summed E-state index contributed by atoms with van der Waals surface area (Å²) in [6.07, 6.45) is 1.97. The van der Waals surface area contributed by atoms with Crippen LogP contribution >= 0.6 is 24.0 Å². The number of aryl methyl sites for hydroxylation is 1. The van der Waals surface area contributed by atoms with Crippen molar-refractivity contribution in [1.29, 1.82) is 0 Å². The van der Waals surface area contributed by atoms with Crippen LogP contribution in [0, 0.1) is 12.8 Å². The molecule has 1 atom stereocenters. The summed E-state index contributed by atoms with van der Waals surface area (Å²) in [6, 6.07) is 4.97. The van der Waals surface area contributed by atoms with Crippen molar-refractivity contribution in [3.8, 4) is 0 Å². The number of sulfonamides is 1. The van der Waals surface area contributed by atoms with Crippen LogP contribution in [0.5, 0.6) is 0 Å². The fourth-order valence-corrected chi connectivity index (χ4v) is 3.90. The number of hydrogen-bond acceptors (Lipinski definition) is 3. The smallest absolute Gasteiger partial charge is 0.242 e. The highest BCUT2D eigenvalue weighted by Crippen LogP contribution is 2.22. The van der Waals surface area contributed by atoms with E-state index in [1.54, 1.807) is 18.2 Å². The zero-order valence-electron chi connectivity index (χ0n) is 11.4. The molecular weight excluding hydrogens is 319 g/mol. The molecule has 1 saturated heterocycles. The Morgan fingerprint density at radius 3 is 2.80 bits per heavy atom. The monoisotopic (exact) mass is 338 g/mol. The van der Waals surface area contributed by atoms with Crippen LogP contribution in [0.2, 0.25) is 5.02 Å². The summed E-state index contributed by atoms with van der Waals surface area (Å²) >= 11 is 5.99. The van der Waals surface area contributed by atoms with Gasteiger partial charge in [0.1, 0.15) is 4.90 Å². The molecule has 0 aliphatic carbocycles. The fourth-order valence-electron chi connectivity index (χ4n) is 2.26. The van der Waals surface area contributed by atoms with Crippen LogP contribution in [0.4, 0.5) is 0 Å². The van der Waals surface area contributed by atoms with E-state index in [-0.39, 0.29) is 22.3 Å². The number of halogens is 2. The van der Waals surface area contributed by atoms with E-state index in [0.29, 0.717) is 12.5 Å². The Kier molecular flexibility index (Phi) is 6.75. The fraction of sp³-hybridized carbons (Fsp3) is 0.538. The van der Waals surface area contributed by atoms with E-state index < -0.39 is 10.0 Å². The molecule has 1 fully saturated rings. The topological polar surface area (TPSA) is 58.2 Å². The molecule has 0 spiro atoms. The van der Waals surface area contributed by atoms with Gasteiger partial charge < -0.3 is 5.32 Å². The molecule has 1 aliphatic rings. The average molecular weight is 339 g/mol. The maximum Gasteiger partial charge on any atom is 0.242 e. The molecule has 20 heavy (non-hydrogen) atoms. The summed E-state index contributed by atoms with van der Waals surface area (Å²) in [7, 11) is -3.50. The molecule has 1 heterocycles. The van der Waals surface area contributed by atoms with E-state index in [4.69, 9.17) is 11.6 Å². The van der Waals surface area contributed by atoms with Crippen molar-refractivity contribution in [2.45, 2.75) is 24.7 Å². The minimum atomic E-state index is -3.50. The minimum Gasteiger partial charge on any atom is -0.316 e. The van der Waals surface area contributed by atoms with Gasteiger partial charge in [-0.1, -0.05) is 17.7 Å². The van der Waals surface area contributed by atoms with Crippen molar-refractivity contribution in [1.82, 2.24) is 10.0 Å². The Morgan fingerprint density at radius 2 is 2.20 bits per heavy atom. The van der Waals surface area contributed by atoms with Crippen LogP contribution in [0.25, 0.3) is 0 Å². The van der Waals surface area contributed by atoms with Crippen molar-refractivity contribution < 1.29 is 8.42 Å². The zero-order chi connectivity index (χ0) is 13.9. The molecule has 4 nitrogen and oxygen atoms in total. The zero-order valence-corrected chi connectivity index (χ0v) is 13.7. The average Bonchev–Trinajstić information content (AvgIpc) is 2.81. The third-order valence-corrected chi connectivity index (χ3v) is 5.33. The first-order valence-corrected chi connectivity index (χ1v) is 8.32. The van der Waals surface area contributed by atoms with E-state index >= 15 is 0 Å². The standard InChI is InChI=1S/C13H19ClN2O2S.ClH/c1-10-2-3-13(12(14)8-10)19(17,18)16-7-5-11-4-6-15-9-11;/h2-3,8,11,15-16H,4-7,9H2,1H3;1H. The van der Waals surface area contributed by atoms with Gasteiger partial charge in [0.2, 0.25) is 10.0 Å². The molecule has 0 bridgehead atoms. The third-order valence-electron chi connectivity index (χ3n) is 3.38. The Balaban J connectivity index is 0.00000200. The molecule has 2 rings (SSSR count). The van der Waals surface area contributed by atoms with E-state index in [1.807, 2.05) is 6.92 Å². The molecule has 2 N–H and O–H groups in total. The van der Waals surface area contributed by atoms with Crippen LogP contribution in [0.15, 0.2) is 23.1 Å². The molecule has 114 valence electrons. The quantitative estimate of drug-likeness (QED) is 0.866. The van der Waals surface area contributed by atoms with Gasteiger partial charge in [0, 0.05) is 6.54 Å². The van der Waals surface area contributed by atoms with Gasteiger partial charge in [-0.05, 0) is 56.5 Å². The summed E-state index contributed by atoms with van der Waals surface area (Å²) in [5.74, 6) is 0.566. The molecule has 0 amide bonds.